The van der Waals surface area contributed by atoms with Crippen molar-refractivity contribution in [3.05, 3.63) is 65.7 Å². The number of rotatable bonds is 12. The molecule has 2 unspecified atom stereocenters. The molecule has 0 saturated heterocycles. The molecule has 0 amide bonds. The van der Waals surface area contributed by atoms with Crippen molar-refractivity contribution >= 4 is 0 Å². The average Bonchev–Trinajstić information content (AvgIpc) is 2.70. The summed E-state index contributed by atoms with van der Waals surface area (Å²) in [6, 6.07) is 17.7. The zero-order valence-electron chi connectivity index (χ0n) is 15.5. The zero-order valence-corrected chi connectivity index (χ0v) is 15.5. The highest BCUT2D eigenvalue weighted by atomic mass is 16.7. The molecule has 6 heteroatoms. The molecule has 0 saturated carbocycles. The Bertz CT molecular complexity index is 629. The van der Waals surface area contributed by atoms with Crippen molar-refractivity contribution in [2.75, 3.05) is 19.8 Å². The number of aliphatic hydroxyl groups excluding tert-OH is 3. The van der Waals surface area contributed by atoms with Crippen LogP contribution < -0.4 is 4.74 Å². The number of hydrogen-bond donors (Lipinski definition) is 3. The number of ether oxygens (including phenoxy) is 3. The monoisotopic (exact) mass is 376 g/mol. The van der Waals surface area contributed by atoms with E-state index in [2.05, 4.69) is 0 Å². The molecule has 0 aromatic heterocycles. The summed E-state index contributed by atoms with van der Waals surface area (Å²) in [5.41, 5.74) is 2.18. The molecule has 2 rings (SSSR count). The van der Waals surface area contributed by atoms with E-state index in [4.69, 9.17) is 19.3 Å². The maximum absolute atomic E-state index is 9.47. The molecule has 0 spiro atoms. The molecular weight excluding hydrogens is 348 g/mol. The van der Waals surface area contributed by atoms with Gasteiger partial charge in [0.05, 0.1) is 25.9 Å². The summed E-state index contributed by atoms with van der Waals surface area (Å²) in [6.45, 7) is 1.68. The Morgan fingerprint density at radius 2 is 1.59 bits per heavy atom. The van der Waals surface area contributed by atoms with Crippen LogP contribution in [-0.2, 0) is 22.5 Å². The third kappa shape index (κ3) is 7.66. The summed E-state index contributed by atoms with van der Waals surface area (Å²) in [7, 11) is 0. The van der Waals surface area contributed by atoms with E-state index in [1.807, 2.05) is 54.6 Å². The van der Waals surface area contributed by atoms with Gasteiger partial charge >= 0.3 is 0 Å². The van der Waals surface area contributed by atoms with Crippen LogP contribution in [-0.4, -0.2) is 53.6 Å². The molecule has 148 valence electrons. The fraction of sp³-hybridized carbons (Fsp3) is 0.429. The van der Waals surface area contributed by atoms with Crippen molar-refractivity contribution in [2.24, 2.45) is 0 Å². The predicted octanol–water partition coefficient (Wildman–Crippen LogP) is 1.90. The second kappa shape index (κ2) is 11.7. The topological polar surface area (TPSA) is 88.4 Å². The lowest BCUT2D eigenvalue weighted by molar-refractivity contribution is -0.211. The molecule has 2 aromatic rings. The third-order valence-corrected chi connectivity index (χ3v) is 4.06. The predicted molar refractivity (Wildman–Crippen MR) is 101 cm³/mol. The van der Waals surface area contributed by atoms with Crippen LogP contribution in [0, 0.1) is 0 Å². The van der Waals surface area contributed by atoms with Crippen LogP contribution >= 0.6 is 0 Å². The molecule has 0 fully saturated rings. The van der Waals surface area contributed by atoms with Gasteiger partial charge in [0.1, 0.15) is 18.5 Å². The summed E-state index contributed by atoms with van der Waals surface area (Å²) in [6.07, 6.45) is -1.89. The quantitative estimate of drug-likeness (QED) is 0.491. The van der Waals surface area contributed by atoms with E-state index in [1.54, 1.807) is 0 Å². The van der Waals surface area contributed by atoms with E-state index in [9.17, 15) is 10.2 Å². The van der Waals surface area contributed by atoms with E-state index >= 15 is 0 Å². The average molecular weight is 376 g/mol. The molecule has 0 bridgehead atoms. The lowest BCUT2D eigenvalue weighted by Gasteiger charge is -2.24. The molecule has 0 radical (unpaired) electrons. The van der Waals surface area contributed by atoms with Gasteiger partial charge < -0.3 is 29.5 Å². The van der Waals surface area contributed by atoms with Crippen molar-refractivity contribution in [3.8, 4) is 5.75 Å². The maximum Gasteiger partial charge on any atom is 0.181 e. The smallest absolute Gasteiger partial charge is 0.181 e. The Morgan fingerprint density at radius 1 is 0.889 bits per heavy atom. The van der Waals surface area contributed by atoms with E-state index in [-0.39, 0.29) is 13.2 Å². The summed E-state index contributed by atoms with van der Waals surface area (Å²) >= 11 is 0. The van der Waals surface area contributed by atoms with Gasteiger partial charge in [0, 0.05) is 0 Å². The second-order valence-electron chi connectivity index (χ2n) is 6.25. The van der Waals surface area contributed by atoms with Crippen LogP contribution in [0.2, 0.25) is 0 Å². The molecule has 0 aliphatic rings. The van der Waals surface area contributed by atoms with Gasteiger partial charge in [-0.3, -0.25) is 0 Å². The van der Waals surface area contributed by atoms with Gasteiger partial charge in [-0.05, 0) is 36.6 Å². The van der Waals surface area contributed by atoms with Crippen LogP contribution in [0.5, 0.6) is 5.75 Å². The maximum atomic E-state index is 9.47. The normalized spacial score (nSPS) is 14.5. The summed E-state index contributed by atoms with van der Waals surface area (Å²) in [5, 5.41) is 27.9. The Labute approximate surface area is 159 Å². The Kier molecular flexibility index (Phi) is 9.24. The molecule has 0 heterocycles. The third-order valence-electron chi connectivity index (χ3n) is 4.06. The molecule has 3 N–H and O–H groups in total. The molecule has 0 aliphatic carbocycles. The lowest BCUT2D eigenvalue weighted by atomic mass is 10.1. The van der Waals surface area contributed by atoms with Gasteiger partial charge in [-0.15, -0.1) is 0 Å². The van der Waals surface area contributed by atoms with Crippen LogP contribution in [0.4, 0.5) is 0 Å². The minimum atomic E-state index is -0.884. The Morgan fingerprint density at radius 3 is 2.19 bits per heavy atom. The first-order valence-corrected chi connectivity index (χ1v) is 9.05. The molecule has 6 nitrogen and oxygen atoms in total. The molecule has 27 heavy (non-hydrogen) atoms. The fourth-order valence-corrected chi connectivity index (χ4v) is 2.44. The minimum Gasteiger partial charge on any atom is -0.489 e. The highest BCUT2D eigenvalue weighted by Gasteiger charge is 2.20. The van der Waals surface area contributed by atoms with Crippen molar-refractivity contribution in [1.29, 1.82) is 0 Å². The summed E-state index contributed by atoms with van der Waals surface area (Å²) in [4.78, 5) is 0. The number of benzene rings is 2. The summed E-state index contributed by atoms with van der Waals surface area (Å²) in [5.74, 6) is 0.794. The molecule has 2 aromatic carbocycles. The van der Waals surface area contributed by atoms with Crippen LogP contribution in [0.1, 0.15) is 18.1 Å². The van der Waals surface area contributed by atoms with Gasteiger partial charge in [0.2, 0.25) is 0 Å². The molecule has 3 atom stereocenters. The lowest BCUT2D eigenvalue weighted by Crippen LogP contribution is -2.37. The highest BCUT2D eigenvalue weighted by molar-refractivity contribution is 5.28. The minimum absolute atomic E-state index is 0.341. The van der Waals surface area contributed by atoms with Gasteiger partial charge in [-0.2, -0.15) is 0 Å². The zero-order chi connectivity index (χ0) is 19.5. The largest absolute Gasteiger partial charge is 0.489 e. The van der Waals surface area contributed by atoms with Gasteiger partial charge in [0.25, 0.3) is 0 Å². The van der Waals surface area contributed by atoms with Crippen LogP contribution in [0.3, 0.4) is 0 Å². The number of aliphatic hydroxyl groups is 3. The van der Waals surface area contributed by atoms with E-state index in [0.717, 1.165) is 16.9 Å². The first kappa shape index (κ1) is 21.3. The summed E-state index contributed by atoms with van der Waals surface area (Å²) < 4.78 is 16.6. The molecular formula is C21H28O6. The van der Waals surface area contributed by atoms with Gasteiger partial charge in [-0.25, -0.2) is 0 Å². The second-order valence-corrected chi connectivity index (χ2v) is 6.25. The van der Waals surface area contributed by atoms with Crippen molar-refractivity contribution in [2.45, 2.75) is 38.4 Å². The van der Waals surface area contributed by atoms with Gasteiger partial charge in [-0.1, -0.05) is 42.5 Å². The fourth-order valence-electron chi connectivity index (χ4n) is 2.44. The van der Waals surface area contributed by atoms with E-state index in [0.29, 0.717) is 19.6 Å². The van der Waals surface area contributed by atoms with Crippen molar-refractivity contribution in [3.63, 3.8) is 0 Å². The Hall–Kier alpha value is -1.96. The SMILES string of the molecule is CC(O)C(CO)O[C@H](CO)OCCc1ccc(OCc2ccccc2)cc1. The standard InChI is InChI=1S/C21H28O6/c1-16(24)20(13-22)27-21(14-23)25-12-11-17-7-9-19(10-8-17)26-15-18-5-3-2-4-6-18/h2-10,16,20-24H,11-15H2,1H3/t16?,20?,21-/m1/s1. The number of hydrogen-bond acceptors (Lipinski definition) is 6. The first-order valence-electron chi connectivity index (χ1n) is 9.05. The van der Waals surface area contributed by atoms with Crippen LogP contribution in [0.25, 0.3) is 0 Å². The van der Waals surface area contributed by atoms with E-state index in [1.165, 1.54) is 6.92 Å². The Balaban J connectivity index is 1.74. The molecule has 0 aliphatic heterocycles. The van der Waals surface area contributed by atoms with Gasteiger partial charge in [0.15, 0.2) is 6.29 Å². The van der Waals surface area contributed by atoms with E-state index < -0.39 is 18.5 Å². The van der Waals surface area contributed by atoms with Crippen LogP contribution in [0.15, 0.2) is 54.6 Å². The van der Waals surface area contributed by atoms with Crippen molar-refractivity contribution < 1.29 is 29.5 Å². The highest BCUT2D eigenvalue weighted by Crippen LogP contribution is 2.15. The van der Waals surface area contributed by atoms with Crippen molar-refractivity contribution in [1.82, 2.24) is 0 Å². The first-order chi connectivity index (χ1) is 13.1.